The number of hydrogen-bond donors (Lipinski definition) is 2. The molecule has 1 aromatic heterocycles. The van der Waals surface area contributed by atoms with E-state index >= 15 is 0 Å². The first kappa shape index (κ1) is 16.4. The molecule has 0 saturated heterocycles. The minimum absolute atomic E-state index is 0.102. The van der Waals surface area contributed by atoms with Gasteiger partial charge in [0.1, 0.15) is 11.3 Å². The third kappa shape index (κ3) is 2.42. The predicted octanol–water partition coefficient (Wildman–Crippen LogP) is 5.12. The predicted molar refractivity (Wildman–Crippen MR) is 108 cm³/mol. The lowest BCUT2D eigenvalue weighted by Gasteiger charge is -2.14. The van der Waals surface area contributed by atoms with Crippen molar-refractivity contribution >= 4 is 5.97 Å². The molecule has 0 spiro atoms. The molecule has 0 radical (unpaired) electrons. The Hall–Kier alpha value is -3.79. The molecule has 1 aliphatic carbocycles. The number of nitrogens with zero attached hydrogens (tertiary/aromatic N) is 1. The average molecular weight is 367 g/mol. The number of phenols is 1. The number of aromatic nitrogens is 1. The zero-order valence-corrected chi connectivity index (χ0v) is 15.0. The Morgan fingerprint density at radius 2 is 1.61 bits per heavy atom. The van der Waals surface area contributed by atoms with Gasteiger partial charge < -0.3 is 14.8 Å². The van der Waals surface area contributed by atoms with Crippen molar-refractivity contribution in [2.75, 3.05) is 0 Å². The zero-order valence-electron chi connectivity index (χ0n) is 15.0. The summed E-state index contributed by atoms with van der Waals surface area (Å²) in [6, 6.07) is 25.3. The van der Waals surface area contributed by atoms with E-state index < -0.39 is 5.97 Å². The summed E-state index contributed by atoms with van der Waals surface area (Å²) in [6.07, 6.45) is 0.779. The minimum atomic E-state index is -1.15. The Balaban J connectivity index is 1.79. The second-order valence-corrected chi connectivity index (χ2v) is 6.93. The SMILES string of the molecule is O=C(O)c1cc(-n2c(-c3ccccc3)cc3c2Cc2ccccc2-3)ccc1O. The van der Waals surface area contributed by atoms with Crippen LogP contribution in [0.5, 0.6) is 5.75 Å². The molecule has 5 rings (SSSR count). The summed E-state index contributed by atoms with van der Waals surface area (Å²) in [7, 11) is 0. The monoisotopic (exact) mass is 367 g/mol. The quantitative estimate of drug-likeness (QED) is 0.465. The Bertz CT molecular complexity index is 1220. The van der Waals surface area contributed by atoms with Crippen LogP contribution in [0.4, 0.5) is 0 Å². The highest BCUT2D eigenvalue weighted by Gasteiger charge is 2.26. The van der Waals surface area contributed by atoms with Crippen molar-refractivity contribution < 1.29 is 15.0 Å². The highest BCUT2D eigenvalue weighted by atomic mass is 16.4. The molecule has 3 aromatic carbocycles. The molecule has 136 valence electrons. The van der Waals surface area contributed by atoms with Crippen LogP contribution in [0.2, 0.25) is 0 Å². The molecule has 1 heterocycles. The van der Waals surface area contributed by atoms with E-state index in [1.165, 1.54) is 28.8 Å². The minimum Gasteiger partial charge on any atom is -0.507 e. The summed E-state index contributed by atoms with van der Waals surface area (Å²) in [4.78, 5) is 11.5. The Labute approximate surface area is 161 Å². The van der Waals surface area contributed by atoms with E-state index in [9.17, 15) is 15.0 Å². The van der Waals surface area contributed by atoms with Gasteiger partial charge in [-0.25, -0.2) is 4.79 Å². The second kappa shape index (κ2) is 6.13. The van der Waals surface area contributed by atoms with E-state index in [1.807, 2.05) is 42.5 Å². The smallest absolute Gasteiger partial charge is 0.339 e. The topological polar surface area (TPSA) is 62.5 Å². The highest BCUT2D eigenvalue weighted by Crippen LogP contribution is 2.43. The summed E-state index contributed by atoms with van der Waals surface area (Å²) in [5, 5.41) is 19.4. The zero-order chi connectivity index (χ0) is 19.3. The maximum atomic E-state index is 11.5. The van der Waals surface area contributed by atoms with E-state index in [1.54, 1.807) is 6.07 Å². The number of benzene rings is 3. The fourth-order valence-electron chi connectivity index (χ4n) is 4.03. The lowest BCUT2D eigenvalue weighted by atomic mass is 10.1. The van der Waals surface area contributed by atoms with Crippen molar-refractivity contribution in [1.82, 2.24) is 4.57 Å². The Kier molecular flexibility index (Phi) is 3.59. The molecule has 4 heteroatoms. The summed E-state index contributed by atoms with van der Waals surface area (Å²) in [5.74, 6) is -1.38. The first-order valence-electron chi connectivity index (χ1n) is 9.08. The van der Waals surface area contributed by atoms with E-state index in [4.69, 9.17) is 0 Å². The number of aromatic hydroxyl groups is 1. The molecule has 0 unspecified atom stereocenters. The lowest BCUT2D eigenvalue weighted by Crippen LogP contribution is -2.04. The van der Waals surface area contributed by atoms with E-state index in [2.05, 4.69) is 22.8 Å². The number of hydrogen-bond acceptors (Lipinski definition) is 2. The Morgan fingerprint density at radius 1 is 0.857 bits per heavy atom. The molecule has 0 fully saturated rings. The van der Waals surface area contributed by atoms with Crippen LogP contribution in [0.15, 0.2) is 78.9 Å². The largest absolute Gasteiger partial charge is 0.507 e. The van der Waals surface area contributed by atoms with E-state index in [-0.39, 0.29) is 11.3 Å². The molecule has 0 atom stereocenters. The molecular weight excluding hydrogens is 350 g/mol. The van der Waals surface area contributed by atoms with Crippen molar-refractivity contribution in [3.05, 3.63) is 95.7 Å². The van der Waals surface area contributed by atoms with Gasteiger partial charge in [0.25, 0.3) is 0 Å². The van der Waals surface area contributed by atoms with Gasteiger partial charge in [0.2, 0.25) is 0 Å². The second-order valence-electron chi connectivity index (χ2n) is 6.93. The maximum absolute atomic E-state index is 11.5. The molecule has 0 aliphatic heterocycles. The summed E-state index contributed by atoms with van der Waals surface area (Å²) >= 11 is 0. The van der Waals surface area contributed by atoms with Crippen LogP contribution in [-0.2, 0) is 6.42 Å². The number of rotatable bonds is 3. The summed E-state index contributed by atoms with van der Waals surface area (Å²) < 4.78 is 2.11. The van der Waals surface area contributed by atoms with Crippen LogP contribution < -0.4 is 0 Å². The molecular formula is C24H17NO3. The molecule has 0 bridgehead atoms. The number of carbonyl (C=O) groups is 1. The fourth-order valence-corrected chi connectivity index (χ4v) is 4.03. The standard InChI is InChI=1S/C24H17NO3/c26-23-11-10-17(13-20(23)24(27)28)25-21(15-6-2-1-3-7-15)14-19-18-9-5-4-8-16(18)12-22(19)25/h1-11,13-14,26H,12H2,(H,27,28). The molecule has 28 heavy (non-hydrogen) atoms. The van der Waals surface area contributed by atoms with Gasteiger partial charge in [-0.05, 0) is 41.0 Å². The molecule has 4 aromatic rings. The van der Waals surface area contributed by atoms with Gasteiger partial charge >= 0.3 is 5.97 Å². The first-order valence-corrected chi connectivity index (χ1v) is 9.08. The lowest BCUT2D eigenvalue weighted by molar-refractivity contribution is 0.0693. The van der Waals surface area contributed by atoms with Crippen molar-refractivity contribution in [3.63, 3.8) is 0 Å². The van der Waals surface area contributed by atoms with Gasteiger partial charge in [0.05, 0.1) is 5.69 Å². The van der Waals surface area contributed by atoms with Crippen LogP contribution in [0.25, 0.3) is 28.1 Å². The first-order chi connectivity index (χ1) is 13.6. The number of carboxylic acids is 1. The van der Waals surface area contributed by atoms with Crippen LogP contribution in [0.1, 0.15) is 21.6 Å². The number of fused-ring (bicyclic) bond motifs is 3. The molecule has 0 saturated carbocycles. The molecule has 4 nitrogen and oxygen atoms in total. The third-order valence-corrected chi connectivity index (χ3v) is 5.31. The number of carboxylic acid groups (broad SMARTS) is 1. The molecule has 2 N–H and O–H groups in total. The van der Waals surface area contributed by atoms with Crippen molar-refractivity contribution in [3.8, 4) is 33.8 Å². The average Bonchev–Trinajstić information content (AvgIpc) is 3.25. The third-order valence-electron chi connectivity index (χ3n) is 5.31. The van der Waals surface area contributed by atoms with Gasteiger partial charge in [-0.15, -0.1) is 0 Å². The normalized spacial score (nSPS) is 11.9. The van der Waals surface area contributed by atoms with Crippen molar-refractivity contribution in [2.24, 2.45) is 0 Å². The van der Waals surface area contributed by atoms with Crippen molar-refractivity contribution in [1.29, 1.82) is 0 Å². The Morgan fingerprint density at radius 3 is 2.39 bits per heavy atom. The van der Waals surface area contributed by atoms with Crippen molar-refractivity contribution in [2.45, 2.75) is 6.42 Å². The highest BCUT2D eigenvalue weighted by molar-refractivity contribution is 5.92. The van der Waals surface area contributed by atoms with Gasteiger partial charge in [-0.1, -0.05) is 54.6 Å². The van der Waals surface area contributed by atoms with Gasteiger partial charge in [-0.2, -0.15) is 0 Å². The number of aromatic carboxylic acids is 1. The molecule has 1 aliphatic rings. The maximum Gasteiger partial charge on any atom is 0.339 e. The molecule has 0 amide bonds. The van der Waals surface area contributed by atoms with Gasteiger partial charge in [0.15, 0.2) is 0 Å². The van der Waals surface area contributed by atoms with E-state index in [0.717, 1.165) is 29.1 Å². The fraction of sp³-hybridized carbons (Fsp3) is 0.0417. The van der Waals surface area contributed by atoms with Gasteiger partial charge in [0, 0.05) is 23.4 Å². The van der Waals surface area contributed by atoms with Crippen LogP contribution in [0.3, 0.4) is 0 Å². The van der Waals surface area contributed by atoms with Crippen LogP contribution in [0, 0.1) is 0 Å². The summed E-state index contributed by atoms with van der Waals surface area (Å²) in [6.45, 7) is 0. The summed E-state index contributed by atoms with van der Waals surface area (Å²) in [5.41, 5.74) is 7.45. The van der Waals surface area contributed by atoms with E-state index in [0.29, 0.717) is 0 Å². The van der Waals surface area contributed by atoms with Gasteiger partial charge in [-0.3, -0.25) is 0 Å². The van der Waals surface area contributed by atoms with Crippen LogP contribution >= 0.6 is 0 Å². The van der Waals surface area contributed by atoms with Crippen LogP contribution in [-0.4, -0.2) is 20.7 Å².